The van der Waals surface area contributed by atoms with Gasteiger partial charge in [-0.2, -0.15) is 0 Å². The Balaban J connectivity index is 2.97. The average molecular weight is 250 g/mol. The molecule has 1 heterocycles. The molecule has 0 aromatic heterocycles. The molecule has 0 saturated carbocycles. The highest BCUT2D eigenvalue weighted by Gasteiger charge is 2.38. The summed E-state index contributed by atoms with van der Waals surface area (Å²) in [6.07, 6.45) is 6.15. The SMILES string of the molecule is C#CCC(C)N1CCC(=O)NC(C(C)(C)C)C1=O. The highest BCUT2D eigenvalue weighted by molar-refractivity contribution is 5.90. The van der Waals surface area contributed by atoms with Crippen LogP contribution in [0, 0.1) is 17.8 Å². The van der Waals surface area contributed by atoms with Crippen LogP contribution in [0.3, 0.4) is 0 Å². The Morgan fingerprint density at radius 1 is 1.50 bits per heavy atom. The molecule has 18 heavy (non-hydrogen) atoms. The van der Waals surface area contributed by atoms with Gasteiger partial charge in [0.1, 0.15) is 6.04 Å². The van der Waals surface area contributed by atoms with Gasteiger partial charge >= 0.3 is 0 Å². The first-order valence-electron chi connectivity index (χ1n) is 6.30. The minimum Gasteiger partial charge on any atom is -0.344 e. The molecule has 1 N–H and O–H groups in total. The van der Waals surface area contributed by atoms with E-state index >= 15 is 0 Å². The molecule has 0 bridgehead atoms. The van der Waals surface area contributed by atoms with Crippen LogP contribution in [0.2, 0.25) is 0 Å². The van der Waals surface area contributed by atoms with E-state index in [4.69, 9.17) is 6.42 Å². The lowest BCUT2D eigenvalue weighted by atomic mass is 9.85. The van der Waals surface area contributed by atoms with Crippen molar-refractivity contribution in [2.24, 2.45) is 5.41 Å². The second-order valence-corrected chi connectivity index (χ2v) is 5.91. The summed E-state index contributed by atoms with van der Waals surface area (Å²) in [4.78, 5) is 25.9. The molecule has 100 valence electrons. The summed E-state index contributed by atoms with van der Waals surface area (Å²) < 4.78 is 0. The van der Waals surface area contributed by atoms with Gasteiger partial charge in [0.05, 0.1) is 0 Å². The van der Waals surface area contributed by atoms with Crippen LogP contribution in [0.15, 0.2) is 0 Å². The molecule has 0 spiro atoms. The van der Waals surface area contributed by atoms with E-state index in [0.717, 1.165) is 0 Å². The summed E-state index contributed by atoms with van der Waals surface area (Å²) >= 11 is 0. The third-order valence-corrected chi connectivity index (χ3v) is 3.23. The Kier molecular flexibility index (Phi) is 4.39. The minimum atomic E-state index is -0.479. The van der Waals surface area contributed by atoms with Crippen molar-refractivity contribution >= 4 is 11.8 Å². The highest BCUT2D eigenvalue weighted by Crippen LogP contribution is 2.24. The van der Waals surface area contributed by atoms with E-state index in [1.54, 1.807) is 4.90 Å². The molecule has 1 aliphatic heterocycles. The molecule has 2 atom stereocenters. The maximum Gasteiger partial charge on any atom is 0.245 e. The number of carbonyl (C=O) groups excluding carboxylic acids is 2. The Morgan fingerprint density at radius 3 is 2.61 bits per heavy atom. The fraction of sp³-hybridized carbons (Fsp3) is 0.714. The van der Waals surface area contributed by atoms with Crippen LogP contribution in [0.1, 0.15) is 40.5 Å². The van der Waals surface area contributed by atoms with Crippen molar-refractivity contribution in [2.75, 3.05) is 6.54 Å². The molecule has 4 heteroatoms. The van der Waals surface area contributed by atoms with E-state index in [2.05, 4.69) is 11.2 Å². The first kappa shape index (κ1) is 14.6. The van der Waals surface area contributed by atoms with Gasteiger partial charge in [0.25, 0.3) is 0 Å². The number of hydrogen-bond acceptors (Lipinski definition) is 2. The van der Waals surface area contributed by atoms with Crippen LogP contribution in [0.4, 0.5) is 0 Å². The Labute approximate surface area is 109 Å². The van der Waals surface area contributed by atoms with E-state index in [9.17, 15) is 9.59 Å². The lowest BCUT2D eigenvalue weighted by molar-refractivity contribution is -0.138. The zero-order valence-electron chi connectivity index (χ0n) is 11.6. The highest BCUT2D eigenvalue weighted by atomic mass is 16.2. The second-order valence-electron chi connectivity index (χ2n) is 5.91. The van der Waals surface area contributed by atoms with E-state index in [1.165, 1.54) is 0 Å². The van der Waals surface area contributed by atoms with Crippen molar-refractivity contribution in [2.45, 2.75) is 52.6 Å². The number of terminal acetylenes is 1. The molecule has 0 aromatic carbocycles. The van der Waals surface area contributed by atoms with Crippen LogP contribution in [-0.4, -0.2) is 35.3 Å². The maximum atomic E-state index is 12.5. The zero-order valence-corrected chi connectivity index (χ0v) is 11.6. The summed E-state index contributed by atoms with van der Waals surface area (Å²) in [5.74, 6) is 2.47. The lowest BCUT2D eigenvalue weighted by Gasteiger charge is -2.34. The number of nitrogens with zero attached hydrogens (tertiary/aromatic N) is 1. The number of nitrogens with one attached hydrogen (secondary N) is 1. The van der Waals surface area contributed by atoms with Crippen molar-refractivity contribution in [3.63, 3.8) is 0 Å². The molecule has 1 saturated heterocycles. The quantitative estimate of drug-likeness (QED) is 0.748. The van der Waals surface area contributed by atoms with Gasteiger partial charge in [-0.25, -0.2) is 0 Å². The third kappa shape index (κ3) is 3.25. The van der Waals surface area contributed by atoms with Gasteiger partial charge in [-0.15, -0.1) is 12.3 Å². The Bertz CT molecular complexity index is 376. The first-order valence-corrected chi connectivity index (χ1v) is 6.30. The maximum absolute atomic E-state index is 12.5. The van der Waals surface area contributed by atoms with E-state index in [0.29, 0.717) is 19.4 Å². The lowest BCUT2D eigenvalue weighted by Crippen LogP contribution is -2.53. The summed E-state index contributed by atoms with van der Waals surface area (Å²) in [5, 5.41) is 2.81. The van der Waals surface area contributed by atoms with Gasteiger partial charge in [-0.3, -0.25) is 9.59 Å². The van der Waals surface area contributed by atoms with E-state index in [-0.39, 0.29) is 23.3 Å². The number of carbonyl (C=O) groups is 2. The van der Waals surface area contributed by atoms with Gasteiger partial charge in [0.15, 0.2) is 0 Å². The van der Waals surface area contributed by atoms with Crippen molar-refractivity contribution in [1.29, 1.82) is 0 Å². The molecular weight excluding hydrogens is 228 g/mol. The van der Waals surface area contributed by atoms with Gasteiger partial charge in [0.2, 0.25) is 11.8 Å². The fourth-order valence-corrected chi connectivity index (χ4v) is 2.10. The predicted octanol–water partition coefficient (Wildman–Crippen LogP) is 1.16. The van der Waals surface area contributed by atoms with Gasteiger partial charge in [0, 0.05) is 25.4 Å². The van der Waals surface area contributed by atoms with Gasteiger partial charge < -0.3 is 10.2 Å². The second kappa shape index (κ2) is 5.43. The largest absolute Gasteiger partial charge is 0.344 e. The smallest absolute Gasteiger partial charge is 0.245 e. The van der Waals surface area contributed by atoms with E-state index < -0.39 is 6.04 Å². The van der Waals surface area contributed by atoms with Crippen LogP contribution >= 0.6 is 0 Å². The molecule has 0 aromatic rings. The Hall–Kier alpha value is -1.50. The van der Waals surface area contributed by atoms with Gasteiger partial charge in [-0.05, 0) is 12.3 Å². The van der Waals surface area contributed by atoms with Crippen molar-refractivity contribution in [3.8, 4) is 12.3 Å². The topological polar surface area (TPSA) is 49.4 Å². The summed E-state index contributed by atoms with van der Waals surface area (Å²) in [6, 6.07) is -0.507. The third-order valence-electron chi connectivity index (χ3n) is 3.23. The Morgan fingerprint density at radius 2 is 2.11 bits per heavy atom. The van der Waals surface area contributed by atoms with Crippen LogP contribution in [-0.2, 0) is 9.59 Å². The van der Waals surface area contributed by atoms with Crippen molar-refractivity contribution in [3.05, 3.63) is 0 Å². The van der Waals surface area contributed by atoms with Crippen LogP contribution in [0.25, 0.3) is 0 Å². The predicted molar refractivity (Wildman–Crippen MR) is 70.6 cm³/mol. The van der Waals surface area contributed by atoms with Gasteiger partial charge in [-0.1, -0.05) is 20.8 Å². The monoisotopic (exact) mass is 250 g/mol. The molecule has 2 unspecified atom stereocenters. The molecule has 0 radical (unpaired) electrons. The molecule has 1 rings (SSSR count). The number of amides is 2. The zero-order chi connectivity index (χ0) is 13.9. The summed E-state index contributed by atoms with van der Waals surface area (Å²) in [5.41, 5.74) is -0.300. The normalized spacial score (nSPS) is 23.1. The number of rotatable bonds is 2. The average Bonchev–Trinajstić information content (AvgIpc) is 2.38. The van der Waals surface area contributed by atoms with Crippen molar-refractivity contribution in [1.82, 2.24) is 10.2 Å². The van der Waals surface area contributed by atoms with E-state index in [1.807, 2.05) is 27.7 Å². The number of hydrogen-bond donors (Lipinski definition) is 1. The fourth-order valence-electron chi connectivity index (χ4n) is 2.10. The van der Waals surface area contributed by atoms with Crippen LogP contribution < -0.4 is 5.32 Å². The molecule has 1 aliphatic rings. The minimum absolute atomic E-state index is 0.0277. The summed E-state index contributed by atoms with van der Waals surface area (Å²) in [6.45, 7) is 8.22. The molecular formula is C14H22N2O2. The standard InChI is InChI=1S/C14H22N2O2/c1-6-7-10(2)16-9-8-11(17)15-12(13(16)18)14(3,4)5/h1,10,12H,7-9H2,2-5H3,(H,15,17). The summed E-state index contributed by atoms with van der Waals surface area (Å²) in [7, 11) is 0. The molecule has 2 amide bonds. The van der Waals surface area contributed by atoms with Crippen molar-refractivity contribution < 1.29 is 9.59 Å². The molecule has 0 aliphatic carbocycles. The molecule has 4 nitrogen and oxygen atoms in total. The molecule has 1 fully saturated rings. The van der Waals surface area contributed by atoms with Crippen LogP contribution in [0.5, 0.6) is 0 Å². The first-order chi connectivity index (χ1) is 8.27.